The van der Waals surface area contributed by atoms with E-state index < -0.39 is 26.2 Å². The van der Waals surface area contributed by atoms with Gasteiger partial charge in [-0.2, -0.15) is 0 Å². The Labute approximate surface area is 165 Å². The van der Waals surface area contributed by atoms with Gasteiger partial charge in [-0.05, 0) is 36.2 Å². The molecule has 4 nitrogen and oxygen atoms in total. The normalized spacial score (nSPS) is 18.6. The third-order valence-electron chi connectivity index (χ3n) is 5.20. The van der Waals surface area contributed by atoms with Gasteiger partial charge in [0.15, 0.2) is 5.78 Å². The minimum Gasteiger partial charge on any atom is -0.290 e. The fourth-order valence-electron chi connectivity index (χ4n) is 4.05. The molecule has 0 radical (unpaired) electrons. The van der Waals surface area contributed by atoms with E-state index in [4.69, 9.17) is 0 Å². The second-order valence-corrected chi connectivity index (χ2v) is 21.4. The van der Waals surface area contributed by atoms with E-state index in [9.17, 15) is 13.2 Å². The van der Waals surface area contributed by atoms with Gasteiger partial charge in [0.1, 0.15) is 0 Å². The Morgan fingerprint density at radius 3 is 1.89 bits per heavy atom. The topological polar surface area (TPSA) is 54.5 Å². The van der Waals surface area contributed by atoms with E-state index in [2.05, 4.69) is 39.3 Å². The molecule has 0 amide bonds. The number of hydrogen-bond donors (Lipinski definition) is 0. The van der Waals surface area contributed by atoms with Crippen molar-refractivity contribution < 1.29 is 13.2 Å². The summed E-state index contributed by atoms with van der Waals surface area (Å²) in [5.74, 6) is 0.127. The lowest BCUT2D eigenvalue weighted by Crippen LogP contribution is -2.37. The summed E-state index contributed by atoms with van der Waals surface area (Å²) in [5.41, 5.74) is 2.75. The molecule has 3 rings (SSSR count). The molecule has 0 N–H and O–H groups in total. The van der Waals surface area contributed by atoms with Crippen LogP contribution in [0.3, 0.4) is 0 Å². The maximum absolute atomic E-state index is 13.4. The van der Waals surface area contributed by atoms with Gasteiger partial charge in [0.2, 0.25) is 0 Å². The lowest BCUT2D eigenvalue weighted by atomic mass is 10.2. The zero-order valence-electron chi connectivity index (χ0n) is 17.3. The lowest BCUT2D eigenvalue weighted by molar-refractivity contribution is -0.111. The van der Waals surface area contributed by atoms with E-state index in [1.54, 1.807) is 12.1 Å². The number of nitrogens with zero attached hydrogens (tertiary/aromatic N) is 1. The summed E-state index contributed by atoms with van der Waals surface area (Å²) in [7, 11) is -7.57. The second-order valence-electron chi connectivity index (χ2n) is 9.55. The minimum atomic E-state index is -3.67. The van der Waals surface area contributed by atoms with Crippen LogP contribution in [-0.4, -0.2) is 41.2 Å². The fraction of sp³-hybridized carbons (Fsp3) is 0.450. The van der Waals surface area contributed by atoms with Crippen LogP contribution in [0.15, 0.2) is 50.8 Å². The van der Waals surface area contributed by atoms with E-state index in [1.807, 2.05) is 19.1 Å². The molecule has 1 aromatic rings. The van der Waals surface area contributed by atoms with Crippen molar-refractivity contribution in [2.45, 2.75) is 57.5 Å². The zero-order valence-corrected chi connectivity index (χ0v) is 20.1. The highest BCUT2D eigenvalue weighted by molar-refractivity contribution is 7.89. The molecule has 0 unspecified atom stereocenters. The van der Waals surface area contributed by atoms with Gasteiger partial charge in [0.25, 0.3) is 10.0 Å². The van der Waals surface area contributed by atoms with E-state index in [0.29, 0.717) is 17.9 Å². The molecule has 0 spiro atoms. The number of allylic oxidation sites excluding steroid dienone is 3. The van der Waals surface area contributed by atoms with Crippen molar-refractivity contribution in [1.29, 1.82) is 0 Å². The Morgan fingerprint density at radius 1 is 0.889 bits per heavy atom. The lowest BCUT2D eigenvalue weighted by Gasteiger charge is -2.26. The first-order valence-corrected chi connectivity index (χ1v) is 17.8. The number of hydrogen-bond acceptors (Lipinski definition) is 3. The third-order valence-corrected chi connectivity index (χ3v) is 11.0. The number of ketones is 1. The molecular weight excluding hydrogens is 390 g/mol. The van der Waals surface area contributed by atoms with E-state index in [0.717, 1.165) is 27.2 Å². The van der Waals surface area contributed by atoms with Crippen LogP contribution in [0.1, 0.15) is 12.0 Å². The molecule has 1 fully saturated rings. The maximum atomic E-state index is 13.4. The highest BCUT2D eigenvalue weighted by Crippen LogP contribution is 2.46. The van der Waals surface area contributed by atoms with Gasteiger partial charge in [0.05, 0.1) is 26.7 Å². The largest absolute Gasteiger partial charge is 0.290 e. The number of Topliss-reactive ketones (excluding diaryl/α,β-unsaturated/α-hetero) is 1. The van der Waals surface area contributed by atoms with Gasteiger partial charge in [-0.25, -0.2) is 8.42 Å². The predicted molar refractivity (Wildman–Crippen MR) is 115 cm³/mol. The average molecular weight is 420 g/mol. The Kier molecular flexibility index (Phi) is 4.72. The molecule has 0 saturated carbocycles. The SMILES string of the molecule is Cc1ccc(S(=O)(=O)N2CCC3=C([Si](C)(C)C)C(=O)C([Si](C)(C)C)=C32)cc1. The van der Waals surface area contributed by atoms with Gasteiger partial charge in [-0.15, -0.1) is 0 Å². The van der Waals surface area contributed by atoms with E-state index in [1.165, 1.54) is 4.31 Å². The maximum Gasteiger partial charge on any atom is 0.264 e. The quantitative estimate of drug-likeness (QED) is 0.685. The van der Waals surface area contributed by atoms with Gasteiger partial charge in [0, 0.05) is 11.7 Å². The van der Waals surface area contributed by atoms with Crippen LogP contribution in [0.4, 0.5) is 0 Å². The van der Waals surface area contributed by atoms with Crippen molar-refractivity contribution in [3.8, 4) is 0 Å². The third kappa shape index (κ3) is 3.30. The molecule has 7 heteroatoms. The number of benzene rings is 1. The van der Waals surface area contributed by atoms with E-state index in [-0.39, 0.29) is 5.78 Å². The molecule has 0 atom stereocenters. The first-order valence-electron chi connectivity index (χ1n) is 9.39. The summed E-state index contributed by atoms with van der Waals surface area (Å²) in [4.78, 5) is 13.7. The molecule has 0 aromatic heterocycles. The van der Waals surface area contributed by atoms with Crippen molar-refractivity contribution in [3.05, 3.63) is 51.5 Å². The molecule has 0 bridgehead atoms. The number of rotatable bonds is 4. The molecule has 1 heterocycles. The molecule has 1 aliphatic carbocycles. The highest BCUT2D eigenvalue weighted by Gasteiger charge is 2.49. The second kappa shape index (κ2) is 6.29. The van der Waals surface area contributed by atoms with Crippen LogP contribution < -0.4 is 0 Å². The Morgan fingerprint density at radius 2 is 1.41 bits per heavy atom. The summed E-state index contributed by atoms with van der Waals surface area (Å²) < 4.78 is 28.3. The first-order chi connectivity index (χ1) is 12.3. The van der Waals surface area contributed by atoms with Crippen LogP contribution in [0, 0.1) is 6.92 Å². The molecule has 146 valence electrons. The monoisotopic (exact) mass is 419 g/mol. The molecule has 2 aliphatic rings. The van der Waals surface area contributed by atoms with Gasteiger partial charge in [-0.3, -0.25) is 9.10 Å². The van der Waals surface area contributed by atoms with Crippen molar-refractivity contribution >= 4 is 32.0 Å². The minimum absolute atomic E-state index is 0.127. The van der Waals surface area contributed by atoms with Crippen molar-refractivity contribution in [3.63, 3.8) is 0 Å². The first kappa shape index (κ1) is 20.3. The van der Waals surface area contributed by atoms with Crippen LogP contribution in [0.5, 0.6) is 0 Å². The van der Waals surface area contributed by atoms with Crippen LogP contribution in [0.2, 0.25) is 39.3 Å². The Hall–Kier alpha value is -1.45. The van der Waals surface area contributed by atoms with Crippen LogP contribution in [0.25, 0.3) is 0 Å². The fourth-order valence-corrected chi connectivity index (χ4v) is 9.52. The van der Waals surface area contributed by atoms with Crippen LogP contribution in [-0.2, 0) is 14.8 Å². The highest BCUT2D eigenvalue weighted by atomic mass is 32.2. The summed E-state index contributed by atoms with van der Waals surface area (Å²) in [5, 5.41) is 1.74. The van der Waals surface area contributed by atoms with Crippen molar-refractivity contribution in [2.75, 3.05) is 6.54 Å². The zero-order chi connectivity index (χ0) is 20.4. The Balaban J connectivity index is 2.23. The number of carbonyl (C=O) groups is 1. The molecular formula is C20H29NO3SSi2. The number of sulfonamides is 1. The molecule has 27 heavy (non-hydrogen) atoms. The molecule has 1 aromatic carbocycles. The Bertz CT molecular complexity index is 976. The standard InChI is InChI=1S/C20H29NO3SSi2/c1-14-8-10-15(11-9-14)25(23,24)21-13-12-16-17(21)20(27(5,6)7)18(22)19(16)26(2,3)4/h8-11H,12-13H2,1-7H3. The number of aryl methyl sites for hydroxylation is 1. The molecule has 1 saturated heterocycles. The summed E-state index contributed by atoms with van der Waals surface area (Å²) in [6, 6.07) is 6.97. The number of carbonyl (C=O) groups excluding carboxylic acids is 1. The summed E-state index contributed by atoms with van der Waals surface area (Å²) >= 11 is 0. The molecule has 1 aliphatic heterocycles. The van der Waals surface area contributed by atoms with Gasteiger partial charge >= 0.3 is 0 Å². The van der Waals surface area contributed by atoms with Gasteiger partial charge in [-0.1, -0.05) is 57.0 Å². The van der Waals surface area contributed by atoms with Crippen molar-refractivity contribution in [1.82, 2.24) is 4.31 Å². The van der Waals surface area contributed by atoms with Gasteiger partial charge < -0.3 is 0 Å². The van der Waals surface area contributed by atoms with Crippen LogP contribution >= 0.6 is 0 Å². The smallest absolute Gasteiger partial charge is 0.264 e. The summed E-state index contributed by atoms with van der Waals surface area (Å²) in [6.45, 7) is 15.3. The number of fused-ring (bicyclic) bond motifs is 1. The van der Waals surface area contributed by atoms with E-state index >= 15 is 0 Å². The summed E-state index contributed by atoms with van der Waals surface area (Å²) in [6.07, 6.45) is 0.639. The predicted octanol–water partition coefficient (Wildman–Crippen LogP) is 4.28. The average Bonchev–Trinajstić information content (AvgIpc) is 3.01. The van der Waals surface area contributed by atoms with Crippen molar-refractivity contribution in [2.24, 2.45) is 0 Å².